The molecule has 1 aromatic heterocycles. The molecule has 2 bridgehead atoms. The molecule has 1 amide bonds. The van der Waals surface area contributed by atoms with Crippen LogP contribution in [0, 0.1) is 0 Å². The SMILES string of the molecule is CN1CC[C@@]2(C)c3cc(O)ccc3C[C@@H]1[C@H]2N(C)C(=O)c1ccc(C(F)(F)F)cn1. The molecule has 8 heteroatoms. The van der Waals surface area contributed by atoms with E-state index in [2.05, 4.69) is 16.8 Å². The number of alkyl halides is 3. The second-order valence-corrected chi connectivity index (χ2v) is 8.55. The Labute approximate surface area is 173 Å². The number of halogens is 3. The lowest BCUT2D eigenvalue weighted by molar-refractivity contribution is -0.137. The summed E-state index contributed by atoms with van der Waals surface area (Å²) < 4.78 is 38.5. The van der Waals surface area contributed by atoms with Crippen LogP contribution in [0.2, 0.25) is 0 Å². The molecule has 5 nitrogen and oxygen atoms in total. The molecular weight excluding hydrogens is 395 g/mol. The molecule has 1 saturated heterocycles. The first-order valence-corrected chi connectivity index (χ1v) is 9.85. The lowest BCUT2D eigenvalue weighted by Gasteiger charge is -2.57. The number of likely N-dealkylation sites (N-methyl/N-ethyl adjacent to an activating group) is 2. The molecule has 0 radical (unpaired) electrons. The van der Waals surface area contributed by atoms with Gasteiger partial charge < -0.3 is 14.9 Å². The molecule has 2 aliphatic rings. The van der Waals surface area contributed by atoms with E-state index < -0.39 is 17.6 Å². The third-order valence-electron chi connectivity index (χ3n) is 6.75. The molecule has 0 spiro atoms. The minimum Gasteiger partial charge on any atom is -0.508 e. The van der Waals surface area contributed by atoms with Gasteiger partial charge in [0.2, 0.25) is 0 Å². The molecule has 4 rings (SSSR count). The van der Waals surface area contributed by atoms with Crippen molar-refractivity contribution >= 4 is 5.91 Å². The van der Waals surface area contributed by atoms with Gasteiger partial charge in [-0.25, -0.2) is 0 Å². The van der Waals surface area contributed by atoms with Crippen molar-refractivity contribution in [1.82, 2.24) is 14.8 Å². The Morgan fingerprint density at radius 1 is 1.30 bits per heavy atom. The van der Waals surface area contributed by atoms with Crippen LogP contribution in [0.1, 0.15) is 40.5 Å². The minimum atomic E-state index is -4.50. The van der Waals surface area contributed by atoms with E-state index in [9.17, 15) is 23.1 Å². The number of rotatable bonds is 2. The number of nitrogens with zero attached hydrogens (tertiary/aromatic N) is 3. The van der Waals surface area contributed by atoms with Crippen LogP contribution < -0.4 is 0 Å². The molecule has 0 unspecified atom stereocenters. The molecule has 1 N–H and O–H groups in total. The van der Waals surface area contributed by atoms with E-state index in [4.69, 9.17) is 0 Å². The van der Waals surface area contributed by atoms with Gasteiger partial charge in [0.15, 0.2) is 0 Å². The predicted molar refractivity (Wildman–Crippen MR) is 105 cm³/mol. The first kappa shape index (κ1) is 20.7. The van der Waals surface area contributed by atoms with E-state index in [1.54, 1.807) is 24.1 Å². The number of carbonyl (C=O) groups excluding carboxylic acids is 1. The topological polar surface area (TPSA) is 56.7 Å². The van der Waals surface area contributed by atoms with Gasteiger partial charge in [0.05, 0.1) is 11.6 Å². The van der Waals surface area contributed by atoms with E-state index in [1.807, 2.05) is 13.1 Å². The molecule has 1 fully saturated rings. The van der Waals surface area contributed by atoms with Crippen LogP contribution >= 0.6 is 0 Å². The number of pyridine rings is 1. The number of piperidine rings is 1. The van der Waals surface area contributed by atoms with Crippen molar-refractivity contribution in [3.05, 3.63) is 58.9 Å². The number of aromatic hydroxyl groups is 1. The standard InChI is InChI=1S/C22H24F3N3O2/c1-21-8-9-27(2)18(10-13-4-6-15(29)11-16(13)21)19(21)28(3)20(30)17-7-5-14(12-26-17)22(23,24)25/h4-7,11-12,18-19,29H,8-10H2,1-3H3/t18-,19-,21+/m1/s1. The first-order valence-electron chi connectivity index (χ1n) is 9.85. The Morgan fingerprint density at radius 2 is 2.03 bits per heavy atom. The van der Waals surface area contributed by atoms with Crippen LogP contribution in [-0.2, 0) is 18.0 Å². The van der Waals surface area contributed by atoms with Crippen molar-refractivity contribution in [2.24, 2.45) is 0 Å². The Kier molecular flexibility index (Phi) is 4.80. The zero-order valence-corrected chi connectivity index (χ0v) is 17.1. The average Bonchev–Trinajstić information content (AvgIpc) is 2.70. The maximum Gasteiger partial charge on any atom is 0.417 e. The number of hydrogen-bond donors (Lipinski definition) is 1. The zero-order valence-electron chi connectivity index (χ0n) is 17.1. The van der Waals surface area contributed by atoms with E-state index in [-0.39, 0.29) is 28.9 Å². The van der Waals surface area contributed by atoms with Crippen LogP contribution in [0.15, 0.2) is 36.5 Å². The minimum absolute atomic E-state index is 0.0171. The van der Waals surface area contributed by atoms with Gasteiger partial charge in [-0.2, -0.15) is 13.2 Å². The highest BCUT2D eigenvalue weighted by atomic mass is 19.4. The summed E-state index contributed by atoms with van der Waals surface area (Å²) >= 11 is 0. The summed E-state index contributed by atoms with van der Waals surface area (Å²) in [5, 5.41) is 10.1. The monoisotopic (exact) mass is 419 g/mol. The van der Waals surface area contributed by atoms with Crippen molar-refractivity contribution in [2.75, 3.05) is 20.6 Å². The summed E-state index contributed by atoms with van der Waals surface area (Å²) in [4.78, 5) is 20.8. The highest BCUT2D eigenvalue weighted by molar-refractivity contribution is 5.92. The van der Waals surface area contributed by atoms with Crippen LogP contribution in [0.25, 0.3) is 0 Å². The molecule has 30 heavy (non-hydrogen) atoms. The highest BCUT2D eigenvalue weighted by Crippen LogP contribution is 2.47. The largest absolute Gasteiger partial charge is 0.508 e. The third kappa shape index (κ3) is 3.23. The molecule has 160 valence electrons. The fourth-order valence-corrected chi connectivity index (χ4v) is 5.13. The van der Waals surface area contributed by atoms with Gasteiger partial charge in [0.1, 0.15) is 11.4 Å². The van der Waals surface area contributed by atoms with Gasteiger partial charge in [-0.05, 0) is 61.8 Å². The van der Waals surface area contributed by atoms with Crippen molar-refractivity contribution < 1.29 is 23.1 Å². The quantitative estimate of drug-likeness (QED) is 0.810. The maximum absolute atomic E-state index is 13.2. The molecule has 1 aromatic carbocycles. The van der Waals surface area contributed by atoms with Crippen molar-refractivity contribution in [3.63, 3.8) is 0 Å². The smallest absolute Gasteiger partial charge is 0.417 e. The van der Waals surface area contributed by atoms with Crippen molar-refractivity contribution in [2.45, 2.75) is 43.4 Å². The van der Waals surface area contributed by atoms with Crippen LogP contribution in [-0.4, -0.2) is 58.5 Å². The molecule has 3 atom stereocenters. The second kappa shape index (κ2) is 6.97. The molecule has 2 heterocycles. The maximum atomic E-state index is 13.2. The second-order valence-electron chi connectivity index (χ2n) is 8.55. The van der Waals surface area contributed by atoms with E-state index in [0.29, 0.717) is 6.20 Å². The van der Waals surface area contributed by atoms with Crippen molar-refractivity contribution in [1.29, 1.82) is 0 Å². The number of phenols is 1. The number of fused-ring (bicyclic) bond motifs is 4. The molecule has 1 aliphatic carbocycles. The number of phenolic OH excluding ortho intramolecular Hbond substituents is 1. The number of aromatic nitrogens is 1. The lowest BCUT2D eigenvalue weighted by atomic mass is 9.61. The van der Waals surface area contributed by atoms with Gasteiger partial charge >= 0.3 is 6.18 Å². The molecule has 2 aromatic rings. The average molecular weight is 419 g/mol. The molecule has 1 aliphatic heterocycles. The summed E-state index contributed by atoms with van der Waals surface area (Å²) in [6.07, 6.45) is -2.28. The van der Waals surface area contributed by atoms with Crippen LogP contribution in [0.5, 0.6) is 5.75 Å². The van der Waals surface area contributed by atoms with Gasteiger partial charge in [-0.1, -0.05) is 13.0 Å². The fraction of sp³-hybridized carbons (Fsp3) is 0.455. The number of likely N-dealkylation sites (tertiary alicyclic amines) is 1. The molecule has 0 saturated carbocycles. The normalized spacial score (nSPS) is 26.2. The van der Waals surface area contributed by atoms with Gasteiger partial charge in [0.25, 0.3) is 5.91 Å². The summed E-state index contributed by atoms with van der Waals surface area (Å²) in [6, 6.07) is 7.26. The summed E-state index contributed by atoms with van der Waals surface area (Å²) in [6.45, 7) is 2.95. The Hall–Kier alpha value is -2.61. The van der Waals surface area contributed by atoms with E-state index in [0.717, 1.165) is 42.6 Å². The van der Waals surface area contributed by atoms with Crippen molar-refractivity contribution in [3.8, 4) is 5.75 Å². The Bertz CT molecular complexity index is 977. The summed E-state index contributed by atoms with van der Waals surface area (Å²) in [7, 11) is 3.71. The zero-order chi connectivity index (χ0) is 21.8. The van der Waals surface area contributed by atoms with E-state index >= 15 is 0 Å². The Morgan fingerprint density at radius 3 is 2.67 bits per heavy atom. The molecular formula is C22H24F3N3O2. The number of amides is 1. The lowest BCUT2D eigenvalue weighted by Crippen LogP contribution is -2.67. The predicted octanol–water partition coefficient (Wildman–Crippen LogP) is 3.46. The van der Waals surface area contributed by atoms with Gasteiger partial charge in [-0.15, -0.1) is 0 Å². The van der Waals surface area contributed by atoms with Gasteiger partial charge in [0, 0.05) is 24.7 Å². The summed E-state index contributed by atoms with van der Waals surface area (Å²) in [5.74, 6) is -0.228. The van der Waals surface area contributed by atoms with Gasteiger partial charge in [-0.3, -0.25) is 9.78 Å². The highest BCUT2D eigenvalue weighted by Gasteiger charge is 2.52. The number of benzene rings is 1. The fourth-order valence-electron chi connectivity index (χ4n) is 5.13. The Balaban J connectivity index is 1.70. The number of hydrogen-bond acceptors (Lipinski definition) is 4. The van der Waals surface area contributed by atoms with Crippen LogP contribution in [0.4, 0.5) is 13.2 Å². The first-order chi connectivity index (χ1) is 14.0. The van der Waals surface area contributed by atoms with E-state index in [1.165, 1.54) is 0 Å². The summed E-state index contributed by atoms with van der Waals surface area (Å²) in [5.41, 5.74) is 0.886. The third-order valence-corrected chi connectivity index (χ3v) is 6.75. The number of carbonyl (C=O) groups is 1. The van der Waals surface area contributed by atoms with Crippen LogP contribution in [0.3, 0.4) is 0 Å².